The lowest BCUT2D eigenvalue weighted by molar-refractivity contribution is 0.0796. The molecule has 0 aliphatic rings. The van der Waals surface area contributed by atoms with E-state index < -0.39 is 10.0 Å². The van der Waals surface area contributed by atoms with Gasteiger partial charge in [0.2, 0.25) is 10.0 Å². The van der Waals surface area contributed by atoms with Crippen LogP contribution in [0.1, 0.15) is 15.9 Å². The molecule has 2 aromatic rings. The van der Waals surface area contributed by atoms with Crippen molar-refractivity contribution in [3.8, 4) is 0 Å². The van der Waals surface area contributed by atoms with Crippen LogP contribution in [0.4, 0.5) is 0 Å². The summed E-state index contributed by atoms with van der Waals surface area (Å²) in [6.07, 6.45) is 5.58. The molecule has 0 saturated carbocycles. The number of carbonyl (C=O) groups is 1. The van der Waals surface area contributed by atoms with Gasteiger partial charge < -0.3 is 4.90 Å². The first kappa shape index (κ1) is 18.8. The Morgan fingerprint density at radius 2 is 2.00 bits per heavy atom. The van der Waals surface area contributed by atoms with Crippen molar-refractivity contribution < 1.29 is 13.2 Å². The molecule has 0 atom stereocenters. The molecule has 7 heteroatoms. The Morgan fingerprint density at radius 1 is 1.28 bits per heavy atom. The number of likely N-dealkylation sites (N-methyl/N-ethyl adjacent to an activating group) is 1. The monoisotopic (exact) mass is 359 g/mol. The average Bonchev–Trinajstić information content (AvgIpc) is 2.65. The highest BCUT2D eigenvalue weighted by Gasteiger charge is 2.17. The highest BCUT2D eigenvalue weighted by atomic mass is 32.2. The Morgan fingerprint density at radius 3 is 2.68 bits per heavy atom. The van der Waals surface area contributed by atoms with E-state index in [4.69, 9.17) is 0 Å². The standard InChI is InChI=1S/C18H21N3O3S/c1-3-10-20-25(23,24)17-6-4-5-16(14-17)18(22)21(2)13-9-15-7-11-19-12-8-15/h3-8,11-12,14,20H,1,9-10,13H2,2H3. The molecule has 132 valence electrons. The topological polar surface area (TPSA) is 79.4 Å². The number of rotatable bonds is 8. The number of aromatic nitrogens is 1. The molecule has 0 aliphatic heterocycles. The summed E-state index contributed by atoms with van der Waals surface area (Å²) in [6.45, 7) is 4.13. The zero-order chi connectivity index (χ0) is 18.3. The maximum atomic E-state index is 12.5. The zero-order valence-electron chi connectivity index (χ0n) is 14.1. The zero-order valence-corrected chi connectivity index (χ0v) is 14.9. The van der Waals surface area contributed by atoms with Crippen molar-refractivity contribution in [3.05, 3.63) is 72.6 Å². The molecule has 0 radical (unpaired) electrons. The van der Waals surface area contributed by atoms with Crippen molar-refractivity contribution in [1.82, 2.24) is 14.6 Å². The molecule has 0 saturated heterocycles. The first-order valence-corrected chi connectivity index (χ1v) is 9.27. The van der Waals surface area contributed by atoms with E-state index in [1.807, 2.05) is 12.1 Å². The van der Waals surface area contributed by atoms with E-state index in [0.717, 1.165) is 5.56 Å². The second kappa shape index (κ2) is 8.55. The van der Waals surface area contributed by atoms with Crippen LogP contribution in [0.3, 0.4) is 0 Å². The van der Waals surface area contributed by atoms with Crippen LogP contribution in [0, 0.1) is 0 Å². The van der Waals surface area contributed by atoms with Gasteiger partial charge in [0.15, 0.2) is 0 Å². The minimum Gasteiger partial charge on any atom is -0.341 e. The number of sulfonamides is 1. The van der Waals surface area contributed by atoms with E-state index in [2.05, 4.69) is 16.3 Å². The number of pyridine rings is 1. The third-order valence-corrected chi connectivity index (χ3v) is 5.06. The molecular weight excluding hydrogens is 338 g/mol. The number of nitrogens with zero attached hydrogens (tertiary/aromatic N) is 2. The second-order valence-electron chi connectivity index (χ2n) is 5.50. The summed E-state index contributed by atoms with van der Waals surface area (Å²) in [6, 6.07) is 9.81. The summed E-state index contributed by atoms with van der Waals surface area (Å²) in [5.41, 5.74) is 1.42. The summed E-state index contributed by atoms with van der Waals surface area (Å²) in [5, 5.41) is 0. The third kappa shape index (κ3) is 5.23. The van der Waals surface area contributed by atoms with Gasteiger partial charge in [0.05, 0.1) is 4.90 Å². The van der Waals surface area contributed by atoms with Crippen LogP contribution in [-0.2, 0) is 16.4 Å². The predicted octanol–water partition coefficient (Wildman–Crippen LogP) is 1.86. The second-order valence-corrected chi connectivity index (χ2v) is 7.27. The smallest absolute Gasteiger partial charge is 0.253 e. The summed E-state index contributed by atoms with van der Waals surface area (Å²) in [4.78, 5) is 18.1. The van der Waals surface area contributed by atoms with E-state index in [0.29, 0.717) is 18.5 Å². The van der Waals surface area contributed by atoms with Crippen LogP contribution < -0.4 is 4.72 Å². The Balaban J connectivity index is 2.08. The summed E-state index contributed by atoms with van der Waals surface area (Å²) >= 11 is 0. The van der Waals surface area contributed by atoms with E-state index in [-0.39, 0.29) is 17.3 Å². The van der Waals surface area contributed by atoms with Crippen molar-refractivity contribution in [1.29, 1.82) is 0 Å². The van der Waals surface area contributed by atoms with Crippen molar-refractivity contribution in [2.75, 3.05) is 20.1 Å². The summed E-state index contributed by atoms with van der Waals surface area (Å²) in [7, 11) is -1.96. The third-order valence-electron chi connectivity index (χ3n) is 3.64. The molecule has 1 N–H and O–H groups in total. The van der Waals surface area contributed by atoms with Crippen LogP contribution >= 0.6 is 0 Å². The molecule has 0 spiro atoms. The predicted molar refractivity (Wildman–Crippen MR) is 96.7 cm³/mol. The quantitative estimate of drug-likeness (QED) is 0.730. The largest absolute Gasteiger partial charge is 0.341 e. The van der Waals surface area contributed by atoms with Gasteiger partial charge in [-0.1, -0.05) is 12.1 Å². The van der Waals surface area contributed by atoms with Crippen LogP contribution in [-0.4, -0.2) is 44.3 Å². The van der Waals surface area contributed by atoms with E-state index in [1.165, 1.54) is 18.2 Å². The fourth-order valence-electron chi connectivity index (χ4n) is 2.22. The maximum absolute atomic E-state index is 12.5. The molecule has 6 nitrogen and oxygen atoms in total. The van der Waals surface area contributed by atoms with Crippen molar-refractivity contribution >= 4 is 15.9 Å². The van der Waals surface area contributed by atoms with Crippen LogP contribution in [0.25, 0.3) is 0 Å². The Kier molecular flexibility index (Phi) is 6.44. The van der Waals surface area contributed by atoms with E-state index >= 15 is 0 Å². The van der Waals surface area contributed by atoms with Crippen molar-refractivity contribution in [2.24, 2.45) is 0 Å². The van der Waals surface area contributed by atoms with Gasteiger partial charge in [-0.05, 0) is 42.3 Å². The number of carbonyl (C=O) groups excluding carboxylic acids is 1. The molecule has 1 amide bonds. The number of hydrogen-bond donors (Lipinski definition) is 1. The van der Waals surface area contributed by atoms with Crippen LogP contribution in [0.15, 0.2) is 66.3 Å². The summed E-state index contributed by atoms with van der Waals surface area (Å²) < 4.78 is 26.7. The number of nitrogens with one attached hydrogen (secondary N) is 1. The van der Waals surface area contributed by atoms with Crippen LogP contribution in [0.5, 0.6) is 0 Å². The SMILES string of the molecule is C=CCNS(=O)(=O)c1cccc(C(=O)N(C)CCc2ccncc2)c1. The first-order chi connectivity index (χ1) is 11.9. The fourth-order valence-corrected chi connectivity index (χ4v) is 3.26. The van der Waals surface area contributed by atoms with Gasteiger partial charge in [0, 0.05) is 38.1 Å². The van der Waals surface area contributed by atoms with E-state index in [1.54, 1.807) is 36.5 Å². The van der Waals surface area contributed by atoms with Gasteiger partial charge in [-0.25, -0.2) is 13.1 Å². The molecular formula is C18H21N3O3S. The molecule has 0 bridgehead atoms. The average molecular weight is 359 g/mol. The minimum atomic E-state index is -3.66. The van der Waals surface area contributed by atoms with Gasteiger partial charge in [0.25, 0.3) is 5.91 Å². The van der Waals surface area contributed by atoms with Gasteiger partial charge >= 0.3 is 0 Å². The van der Waals surface area contributed by atoms with Gasteiger partial charge in [-0.2, -0.15) is 0 Å². The fraction of sp³-hybridized carbons (Fsp3) is 0.222. The summed E-state index contributed by atoms with van der Waals surface area (Å²) in [5.74, 6) is -0.227. The van der Waals surface area contributed by atoms with Crippen LogP contribution in [0.2, 0.25) is 0 Å². The molecule has 1 aromatic heterocycles. The maximum Gasteiger partial charge on any atom is 0.253 e. The Labute approximate surface area is 148 Å². The van der Waals surface area contributed by atoms with Crippen molar-refractivity contribution in [3.63, 3.8) is 0 Å². The van der Waals surface area contributed by atoms with Gasteiger partial charge in [0.1, 0.15) is 0 Å². The van der Waals surface area contributed by atoms with Gasteiger partial charge in [-0.3, -0.25) is 9.78 Å². The Bertz CT molecular complexity index is 836. The first-order valence-electron chi connectivity index (χ1n) is 7.79. The molecule has 0 aliphatic carbocycles. The lowest BCUT2D eigenvalue weighted by atomic mass is 10.1. The van der Waals surface area contributed by atoms with E-state index in [9.17, 15) is 13.2 Å². The highest BCUT2D eigenvalue weighted by Crippen LogP contribution is 2.13. The minimum absolute atomic E-state index is 0.0581. The molecule has 0 unspecified atom stereocenters. The molecule has 1 aromatic carbocycles. The number of amides is 1. The normalized spacial score (nSPS) is 11.1. The molecule has 25 heavy (non-hydrogen) atoms. The van der Waals surface area contributed by atoms with Gasteiger partial charge in [-0.15, -0.1) is 6.58 Å². The lowest BCUT2D eigenvalue weighted by Crippen LogP contribution is -2.29. The number of benzene rings is 1. The lowest BCUT2D eigenvalue weighted by Gasteiger charge is -2.17. The molecule has 2 rings (SSSR count). The molecule has 0 fully saturated rings. The Hall–Kier alpha value is -2.51. The van der Waals surface area contributed by atoms with Crippen molar-refractivity contribution in [2.45, 2.75) is 11.3 Å². The molecule has 1 heterocycles. The highest BCUT2D eigenvalue weighted by molar-refractivity contribution is 7.89. The number of hydrogen-bond acceptors (Lipinski definition) is 4.